The maximum Gasteiger partial charge on any atom is 0.256 e. The Morgan fingerprint density at radius 2 is 2.17 bits per heavy atom. The Labute approximate surface area is 134 Å². The van der Waals surface area contributed by atoms with Crippen molar-refractivity contribution in [3.63, 3.8) is 0 Å². The number of carbonyl (C=O) groups excluding carboxylic acids is 1. The van der Waals surface area contributed by atoms with Crippen LogP contribution in [0.5, 0.6) is 11.5 Å². The van der Waals surface area contributed by atoms with Crippen LogP contribution in [0.4, 0.5) is 0 Å². The van der Waals surface area contributed by atoms with E-state index in [1.165, 1.54) is 18.5 Å². The van der Waals surface area contributed by atoms with E-state index in [4.69, 9.17) is 4.74 Å². The Balaban J connectivity index is 1.91. The lowest BCUT2D eigenvalue weighted by molar-refractivity contribution is 0.0715. The molecule has 0 unspecified atom stereocenters. The molecule has 1 aliphatic heterocycles. The van der Waals surface area contributed by atoms with Crippen LogP contribution < -0.4 is 4.74 Å². The predicted octanol–water partition coefficient (Wildman–Crippen LogP) is 1.74. The quantitative estimate of drug-likeness (QED) is 0.902. The van der Waals surface area contributed by atoms with E-state index in [1.807, 2.05) is 24.3 Å². The van der Waals surface area contributed by atoms with Gasteiger partial charge in [-0.15, -0.1) is 0 Å². The number of β-amino-alcohol motifs (C(OH)–C–C–N with tert-alkyl or cyclic N) is 1. The standard InChI is InChI=1S/C17H18N2O4/c1-23-15-4-2-3-11(6-15)16-7-14(21)10-19(16)17(22)12-5-13(20)9-18-8-12/h2-6,8-9,14,16,20-21H,7,10H2,1H3/t14-,16+/m1/s1. The lowest BCUT2D eigenvalue weighted by Gasteiger charge is -2.25. The number of rotatable bonds is 3. The molecule has 6 heteroatoms. The molecule has 0 aliphatic carbocycles. The Hall–Kier alpha value is -2.60. The minimum absolute atomic E-state index is 0.0616. The minimum Gasteiger partial charge on any atom is -0.506 e. The van der Waals surface area contributed by atoms with Gasteiger partial charge in [0, 0.05) is 12.7 Å². The first-order valence-corrected chi connectivity index (χ1v) is 7.35. The minimum atomic E-state index is -0.583. The van der Waals surface area contributed by atoms with Gasteiger partial charge < -0.3 is 19.8 Å². The number of pyridine rings is 1. The molecule has 1 amide bonds. The second-order valence-corrected chi connectivity index (χ2v) is 5.57. The molecule has 0 radical (unpaired) electrons. The summed E-state index contributed by atoms with van der Waals surface area (Å²) in [6.45, 7) is 0.246. The zero-order valence-electron chi connectivity index (χ0n) is 12.7. The third-order valence-corrected chi connectivity index (χ3v) is 3.99. The number of benzene rings is 1. The fraction of sp³-hybridized carbons (Fsp3) is 0.294. The molecule has 3 rings (SSSR count). The molecule has 1 fully saturated rings. The molecule has 120 valence electrons. The molecule has 0 spiro atoms. The van der Waals surface area contributed by atoms with Gasteiger partial charge in [0.25, 0.3) is 5.91 Å². The summed E-state index contributed by atoms with van der Waals surface area (Å²) in [7, 11) is 1.59. The van der Waals surface area contributed by atoms with E-state index in [0.29, 0.717) is 17.7 Å². The molecule has 6 nitrogen and oxygen atoms in total. The zero-order chi connectivity index (χ0) is 16.4. The van der Waals surface area contributed by atoms with Crippen LogP contribution in [-0.2, 0) is 0 Å². The molecule has 2 N–H and O–H groups in total. The lowest BCUT2D eigenvalue weighted by atomic mass is 10.0. The maximum atomic E-state index is 12.7. The van der Waals surface area contributed by atoms with Crippen molar-refractivity contribution in [1.29, 1.82) is 0 Å². The molecule has 2 atom stereocenters. The molecule has 0 bridgehead atoms. The largest absolute Gasteiger partial charge is 0.506 e. The van der Waals surface area contributed by atoms with Crippen LogP contribution in [0.3, 0.4) is 0 Å². The Kier molecular flexibility index (Phi) is 4.16. The van der Waals surface area contributed by atoms with Gasteiger partial charge in [0.2, 0.25) is 0 Å². The summed E-state index contributed by atoms with van der Waals surface area (Å²) in [4.78, 5) is 18.2. The molecular weight excluding hydrogens is 296 g/mol. The van der Waals surface area contributed by atoms with Gasteiger partial charge in [0.1, 0.15) is 11.5 Å². The molecule has 1 saturated heterocycles. The van der Waals surface area contributed by atoms with E-state index in [0.717, 1.165) is 5.56 Å². The van der Waals surface area contributed by atoms with Gasteiger partial charge in [0.15, 0.2) is 0 Å². The summed E-state index contributed by atoms with van der Waals surface area (Å²) >= 11 is 0. The first kappa shape index (κ1) is 15.3. The number of hydrogen-bond acceptors (Lipinski definition) is 5. The van der Waals surface area contributed by atoms with Crippen LogP contribution in [0.1, 0.15) is 28.4 Å². The topological polar surface area (TPSA) is 82.9 Å². The molecule has 2 aromatic rings. The molecular formula is C17H18N2O4. The van der Waals surface area contributed by atoms with Crippen molar-refractivity contribution < 1.29 is 19.7 Å². The van der Waals surface area contributed by atoms with E-state index in [2.05, 4.69) is 4.98 Å². The van der Waals surface area contributed by atoms with Crippen LogP contribution in [0.15, 0.2) is 42.7 Å². The van der Waals surface area contributed by atoms with Gasteiger partial charge in [0.05, 0.1) is 31.0 Å². The first-order valence-electron chi connectivity index (χ1n) is 7.35. The summed E-state index contributed by atoms with van der Waals surface area (Å²) in [5.41, 5.74) is 1.20. The number of amides is 1. The van der Waals surface area contributed by atoms with Crippen LogP contribution in [0, 0.1) is 0 Å². The summed E-state index contributed by atoms with van der Waals surface area (Å²) < 4.78 is 5.23. The van der Waals surface area contributed by atoms with Crippen LogP contribution in [-0.4, -0.2) is 45.8 Å². The van der Waals surface area contributed by atoms with Crippen molar-refractivity contribution >= 4 is 5.91 Å². The molecule has 1 aromatic carbocycles. The molecule has 1 aliphatic rings. The van der Waals surface area contributed by atoms with E-state index < -0.39 is 6.10 Å². The maximum absolute atomic E-state index is 12.7. The van der Waals surface area contributed by atoms with Crippen molar-refractivity contribution in [1.82, 2.24) is 9.88 Å². The fourth-order valence-electron chi connectivity index (χ4n) is 2.91. The van der Waals surface area contributed by atoms with Gasteiger partial charge in [-0.2, -0.15) is 0 Å². The Morgan fingerprint density at radius 3 is 2.91 bits per heavy atom. The number of hydrogen-bond donors (Lipinski definition) is 2. The number of likely N-dealkylation sites (tertiary alicyclic amines) is 1. The molecule has 2 heterocycles. The third-order valence-electron chi connectivity index (χ3n) is 3.99. The number of aliphatic hydroxyl groups excluding tert-OH is 1. The van der Waals surface area contributed by atoms with Gasteiger partial charge in [-0.25, -0.2) is 0 Å². The monoisotopic (exact) mass is 314 g/mol. The van der Waals surface area contributed by atoms with E-state index in [9.17, 15) is 15.0 Å². The summed E-state index contributed by atoms with van der Waals surface area (Å²) in [6, 6.07) is 8.60. The average Bonchev–Trinajstić information content (AvgIpc) is 2.96. The van der Waals surface area contributed by atoms with Crippen molar-refractivity contribution in [3.05, 3.63) is 53.9 Å². The van der Waals surface area contributed by atoms with Crippen molar-refractivity contribution in [3.8, 4) is 11.5 Å². The van der Waals surface area contributed by atoms with Gasteiger partial charge in [-0.1, -0.05) is 12.1 Å². The van der Waals surface area contributed by atoms with Gasteiger partial charge in [-0.05, 0) is 30.2 Å². The summed E-state index contributed by atoms with van der Waals surface area (Å²) in [6.07, 6.45) is 2.57. The average molecular weight is 314 g/mol. The highest BCUT2D eigenvalue weighted by Gasteiger charge is 2.36. The summed E-state index contributed by atoms with van der Waals surface area (Å²) in [5.74, 6) is 0.376. The highest BCUT2D eigenvalue weighted by Crippen LogP contribution is 2.34. The number of carbonyl (C=O) groups is 1. The van der Waals surface area contributed by atoms with E-state index in [-0.39, 0.29) is 24.2 Å². The number of nitrogens with zero attached hydrogens (tertiary/aromatic N) is 2. The zero-order valence-corrected chi connectivity index (χ0v) is 12.7. The second kappa shape index (κ2) is 6.26. The second-order valence-electron chi connectivity index (χ2n) is 5.57. The predicted molar refractivity (Wildman–Crippen MR) is 83.3 cm³/mol. The molecule has 0 saturated carbocycles. The number of aromatic nitrogens is 1. The number of aromatic hydroxyl groups is 1. The SMILES string of the molecule is COc1cccc([C@@H]2C[C@@H](O)CN2C(=O)c2cncc(O)c2)c1. The number of methoxy groups -OCH3 is 1. The normalized spacial score (nSPS) is 20.5. The third kappa shape index (κ3) is 3.12. The summed E-state index contributed by atoms with van der Waals surface area (Å²) in [5, 5.41) is 19.5. The van der Waals surface area contributed by atoms with Crippen LogP contribution >= 0.6 is 0 Å². The van der Waals surface area contributed by atoms with Crippen LogP contribution in [0.2, 0.25) is 0 Å². The smallest absolute Gasteiger partial charge is 0.256 e. The van der Waals surface area contributed by atoms with E-state index in [1.54, 1.807) is 12.0 Å². The Morgan fingerprint density at radius 1 is 1.35 bits per heavy atom. The molecule has 1 aromatic heterocycles. The number of ether oxygens (including phenoxy) is 1. The first-order chi connectivity index (χ1) is 11.1. The van der Waals surface area contributed by atoms with Gasteiger partial charge in [-0.3, -0.25) is 9.78 Å². The lowest BCUT2D eigenvalue weighted by Crippen LogP contribution is -2.31. The van der Waals surface area contributed by atoms with E-state index >= 15 is 0 Å². The molecule has 23 heavy (non-hydrogen) atoms. The fourth-order valence-corrected chi connectivity index (χ4v) is 2.91. The highest BCUT2D eigenvalue weighted by atomic mass is 16.5. The highest BCUT2D eigenvalue weighted by molar-refractivity contribution is 5.94. The van der Waals surface area contributed by atoms with Crippen molar-refractivity contribution in [2.24, 2.45) is 0 Å². The van der Waals surface area contributed by atoms with Gasteiger partial charge >= 0.3 is 0 Å². The van der Waals surface area contributed by atoms with Crippen molar-refractivity contribution in [2.75, 3.05) is 13.7 Å². The van der Waals surface area contributed by atoms with Crippen LogP contribution in [0.25, 0.3) is 0 Å². The Bertz CT molecular complexity index is 719. The number of aliphatic hydroxyl groups is 1. The van der Waals surface area contributed by atoms with Crippen molar-refractivity contribution in [2.45, 2.75) is 18.6 Å².